The molecule has 0 aromatic heterocycles. The first-order valence-corrected chi connectivity index (χ1v) is 7.64. The number of halogens is 2. The van der Waals surface area contributed by atoms with Crippen molar-refractivity contribution in [1.82, 2.24) is 0 Å². The maximum atomic E-state index is 12.5. The number of carbonyl (C=O) groups is 2. The standard InChI is InChI=1S/C17H12Cl2O4/c1-17(9-10-5-2-3-6-11(10)15(20)23-17)16(21)22-13-8-4-7-12(18)14(13)19/h2-8H,9H2,1H3. The van der Waals surface area contributed by atoms with Crippen LogP contribution in [0.2, 0.25) is 10.0 Å². The zero-order chi connectivity index (χ0) is 16.6. The Morgan fingerprint density at radius 1 is 1.17 bits per heavy atom. The van der Waals surface area contributed by atoms with Gasteiger partial charge >= 0.3 is 11.9 Å². The fourth-order valence-electron chi connectivity index (χ4n) is 2.42. The first-order valence-electron chi connectivity index (χ1n) is 6.88. The van der Waals surface area contributed by atoms with E-state index in [2.05, 4.69) is 0 Å². The normalized spacial score (nSPS) is 19.7. The van der Waals surface area contributed by atoms with Gasteiger partial charge in [-0.05, 0) is 30.7 Å². The molecular weight excluding hydrogens is 339 g/mol. The van der Waals surface area contributed by atoms with Gasteiger partial charge in [0.05, 0.1) is 10.6 Å². The number of esters is 2. The quantitative estimate of drug-likeness (QED) is 0.605. The van der Waals surface area contributed by atoms with Crippen LogP contribution in [-0.4, -0.2) is 17.5 Å². The van der Waals surface area contributed by atoms with Crippen LogP contribution in [0, 0.1) is 0 Å². The van der Waals surface area contributed by atoms with Crippen LogP contribution in [0.15, 0.2) is 42.5 Å². The highest BCUT2D eigenvalue weighted by atomic mass is 35.5. The summed E-state index contributed by atoms with van der Waals surface area (Å²) in [4.78, 5) is 24.6. The van der Waals surface area contributed by atoms with Gasteiger partial charge in [-0.1, -0.05) is 47.5 Å². The van der Waals surface area contributed by atoms with Crippen molar-refractivity contribution in [3.63, 3.8) is 0 Å². The summed E-state index contributed by atoms with van der Waals surface area (Å²) in [7, 11) is 0. The molecule has 23 heavy (non-hydrogen) atoms. The van der Waals surface area contributed by atoms with Crippen LogP contribution in [0.1, 0.15) is 22.8 Å². The number of benzene rings is 2. The van der Waals surface area contributed by atoms with Crippen molar-refractivity contribution in [1.29, 1.82) is 0 Å². The Bertz CT molecular complexity index is 803. The molecule has 0 saturated carbocycles. The van der Waals surface area contributed by atoms with Gasteiger partial charge in [-0.15, -0.1) is 0 Å². The second-order valence-corrected chi connectivity index (χ2v) is 6.18. The van der Waals surface area contributed by atoms with Crippen molar-refractivity contribution in [2.45, 2.75) is 18.9 Å². The van der Waals surface area contributed by atoms with E-state index in [1.54, 1.807) is 36.4 Å². The van der Waals surface area contributed by atoms with E-state index in [1.165, 1.54) is 13.0 Å². The molecule has 0 bridgehead atoms. The van der Waals surface area contributed by atoms with Gasteiger partial charge in [0.2, 0.25) is 5.60 Å². The number of fused-ring (bicyclic) bond motifs is 1. The summed E-state index contributed by atoms with van der Waals surface area (Å²) in [6.45, 7) is 1.52. The summed E-state index contributed by atoms with van der Waals surface area (Å²) in [5.41, 5.74) is -0.226. The zero-order valence-electron chi connectivity index (χ0n) is 12.1. The average molecular weight is 351 g/mol. The van der Waals surface area contributed by atoms with E-state index in [0.717, 1.165) is 5.56 Å². The van der Waals surface area contributed by atoms with Crippen LogP contribution in [-0.2, 0) is 16.0 Å². The lowest BCUT2D eigenvalue weighted by Gasteiger charge is -2.32. The van der Waals surface area contributed by atoms with Gasteiger partial charge in [-0.25, -0.2) is 9.59 Å². The molecule has 4 nitrogen and oxygen atoms in total. The third kappa shape index (κ3) is 2.92. The van der Waals surface area contributed by atoms with Crippen molar-refractivity contribution in [2.75, 3.05) is 0 Å². The monoisotopic (exact) mass is 350 g/mol. The van der Waals surface area contributed by atoms with Gasteiger partial charge in [0, 0.05) is 6.42 Å². The van der Waals surface area contributed by atoms with E-state index in [9.17, 15) is 9.59 Å². The van der Waals surface area contributed by atoms with Gasteiger partial charge in [0.15, 0.2) is 5.75 Å². The summed E-state index contributed by atoms with van der Waals surface area (Å²) >= 11 is 11.9. The molecule has 0 radical (unpaired) electrons. The minimum Gasteiger partial charge on any atom is -0.443 e. The lowest BCUT2D eigenvalue weighted by atomic mass is 9.90. The third-order valence-electron chi connectivity index (χ3n) is 3.63. The Morgan fingerprint density at radius 3 is 2.70 bits per heavy atom. The van der Waals surface area contributed by atoms with E-state index >= 15 is 0 Å². The number of carbonyl (C=O) groups excluding carboxylic acids is 2. The first kappa shape index (κ1) is 15.8. The van der Waals surface area contributed by atoms with E-state index in [0.29, 0.717) is 5.56 Å². The minimum absolute atomic E-state index is 0.125. The van der Waals surface area contributed by atoms with Crippen LogP contribution in [0.5, 0.6) is 5.75 Å². The van der Waals surface area contributed by atoms with Crippen LogP contribution in [0.4, 0.5) is 0 Å². The molecular formula is C17H12Cl2O4. The molecule has 1 atom stereocenters. The Morgan fingerprint density at radius 2 is 1.91 bits per heavy atom. The highest BCUT2D eigenvalue weighted by Gasteiger charge is 2.44. The fourth-order valence-corrected chi connectivity index (χ4v) is 2.75. The molecule has 1 aliphatic rings. The van der Waals surface area contributed by atoms with E-state index in [-0.39, 0.29) is 22.2 Å². The molecule has 6 heteroatoms. The molecule has 118 valence electrons. The summed E-state index contributed by atoms with van der Waals surface area (Å²) < 4.78 is 10.6. The maximum absolute atomic E-state index is 12.5. The minimum atomic E-state index is -1.42. The van der Waals surface area contributed by atoms with Gasteiger partial charge in [-0.3, -0.25) is 0 Å². The first-order chi connectivity index (χ1) is 10.9. The van der Waals surface area contributed by atoms with Crippen LogP contribution < -0.4 is 4.74 Å². The Balaban J connectivity index is 1.88. The summed E-state index contributed by atoms with van der Waals surface area (Å²) in [6.07, 6.45) is 0.228. The molecule has 0 amide bonds. The molecule has 1 heterocycles. The molecule has 0 spiro atoms. The molecule has 2 aromatic carbocycles. The molecule has 2 aromatic rings. The SMILES string of the molecule is CC1(C(=O)Oc2cccc(Cl)c2Cl)Cc2ccccc2C(=O)O1. The fraction of sp³-hybridized carbons (Fsp3) is 0.176. The van der Waals surface area contributed by atoms with Gasteiger partial charge in [0.25, 0.3) is 0 Å². The van der Waals surface area contributed by atoms with Gasteiger partial charge < -0.3 is 9.47 Å². The molecule has 0 aliphatic carbocycles. The number of hydrogen-bond donors (Lipinski definition) is 0. The van der Waals surface area contributed by atoms with Crippen molar-refractivity contribution < 1.29 is 19.1 Å². The van der Waals surface area contributed by atoms with Crippen molar-refractivity contribution in [2.24, 2.45) is 0 Å². The van der Waals surface area contributed by atoms with Crippen LogP contribution in [0.3, 0.4) is 0 Å². The molecule has 0 N–H and O–H groups in total. The third-order valence-corrected chi connectivity index (χ3v) is 4.44. The topological polar surface area (TPSA) is 52.6 Å². The predicted molar refractivity (Wildman–Crippen MR) is 86.1 cm³/mol. The number of hydrogen-bond acceptors (Lipinski definition) is 4. The largest absolute Gasteiger partial charge is 0.443 e. The van der Waals surface area contributed by atoms with Gasteiger partial charge in [0.1, 0.15) is 5.02 Å². The molecule has 3 rings (SSSR count). The van der Waals surface area contributed by atoms with Gasteiger partial charge in [-0.2, -0.15) is 0 Å². The van der Waals surface area contributed by atoms with E-state index in [4.69, 9.17) is 32.7 Å². The average Bonchev–Trinajstić information content (AvgIpc) is 2.51. The summed E-state index contributed by atoms with van der Waals surface area (Å²) in [5.74, 6) is -1.13. The lowest BCUT2D eigenvalue weighted by Crippen LogP contribution is -2.48. The summed E-state index contributed by atoms with van der Waals surface area (Å²) in [6, 6.07) is 11.7. The lowest BCUT2D eigenvalue weighted by molar-refractivity contribution is -0.154. The molecule has 0 fully saturated rings. The Kier molecular flexibility index (Phi) is 4.04. The number of cyclic esters (lactones) is 1. The summed E-state index contributed by atoms with van der Waals surface area (Å²) in [5, 5.41) is 0.404. The second-order valence-electron chi connectivity index (χ2n) is 5.40. The maximum Gasteiger partial charge on any atom is 0.356 e. The smallest absolute Gasteiger partial charge is 0.356 e. The number of ether oxygens (including phenoxy) is 2. The highest BCUT2D eigenvalue weighted by molar-refractivity contribution is 6.43. The second kappa shape index (κ2) is 5.87. The Labute approximate surface area is 142 Å². The van der Waals surface area contributed by atoms with E-state index in [1.807, 2.05) is 0 Å². The zero-order valence-corrected chi connectivity index (χ0v) is 13.6. The van der Waals surface area contributed by atoms with Crippen molar-refractivity contribution in [3.05, 3.63) is 63.6 Å². The molecule has 1 aliphatic heterocycles. The highest BCUT2D eigenvalue weighted by Crippen LogP contribution is 2.34. The van der Waals surface area contributed by atoms with Crippen LogP contribution in [0.25, 0.3) is 0 Å². The molecule has 0 saturated heterocycles. The Hall–Kier alpha value is -2.04. The van der Waals surface area contributed by atoms with E-state index < -0.39 is 17.5 Å². The van der Waals surface area contributed by atoms with Crippen molar-refractivity contribution >= 4 is 35.1 Å². The number of rotatable bonds is 2. The van der Waals surface area contributed by atoms with Crippen LogP contribution >= 0.6 is 23.2 Å². The molecule has 1 unspecified atom stereocenters. The predicted octanol–water partition coefficient (Wildman–Crippen LogP) is 4.07. The van der Waals surface area contributed by atoms with Crippen molar-refractivity contribution in [3.8, 4) is 5.75 Å².